The van der Waals surface area contributed by atoms with E-state index in [1.165, 1.54) is 36.0 Å². The minimum atomic E-state index is 0.522. The van der Waals surface area contributed by atoms with Crippen LogP contribution in [-0.4, -0.2) is 7.05 Å². The highest BCUT2D eigenvalue weighted by atomic mass is 14.9. The Bertz CT molecular complexity index is 424. The molecular formula is C18H29N. The molecule has 1 N–H and O–H groups in total. The summed E-state index contributed by atoms with van der Waals surface area (Å²) in [5, 5.41) is 3.57. The first-order chi connectivity index (χ1) is 9.02. The highest BCUT2D eigenvalue weighted by molar-refractivity contribution is 5.32. The van der Waals surface area contributed by atoms with Crippen molar-refractivity contribution >= 4 is 0 Å². The molecule has 0 radical (unpaired) electrons. The lowest BCUT2D eigenvalue weighted by Gasteiger charge is -2.37. The average molecular weight is 259 g/mol. The minimum Gasteiger partial charge on any atom is -0.313 e. The van der Waals surface area contributed by atoms with Gasteiger partial charge >= 0.3 is 0 Å². The summed E-state index contributed by atoms with van der Waals surface area (Å²) in [6, 6.07) is 7.48. The molecule has 1 aliphatic carbocycles. The second-order valence-electron chi connectivity index (χ2n) is 6.64. The molecule has 0 aliphatic heterocycles. The van der Waals surface area contributed by atoms with Gasteiger partial charge in [0.05, 0.1) is 0 Å². The topological polar surface area (TPSA) is 12.0 Å². The average Bonchev–Trinajstić information content (AvgIpc) is 2.39. The van der Waals surface area contributed by atoms with Crippen LogP contribution < -0.4 is 5.32 Å². The van der Waals surface area contributed by atoms with Crippen molar-refractivity contribution in [3.8, 4) is 0 Å². The molecule has 4 atom stereocenters. The Morgan fingerprint density at radius 3 is 2.37 bits per heavy atom. The first kappa shape index (κ1) is 14.6. The molecule has 0 saturated heterocycles. The Kier molecular flexibility index (Phi) is 4.67. The largest absolute Gasteiger partial charge is 0.313 e. The van der Waals surface area contributed by atoms with Gasteiger partial charge in [0, 0.05) is 6.04 Å². The van der Waals surface area contributed by atoms with Gasteiger partial charge in [0.15, 0.2) is 0 Å². The molecule has 0 heterocycles. The molecule has 0 bridgehead atoms. The van der Waals surface area contributed by atoms with Crippen LogP contribution in [0, 0.1) is 31.6 Å². The van der Waals surface area contributed by atoms with Gasteiger partial charge in [-0.3, -0.25) is 0 Å². The van der Waals surface area contributed by atoms with E-state index in [-0.39, 0.29) is 0 Å². The van der Waals surface area contributed by atoms with Gasteiger partial charge < -0.3 is 5.32 Å². The predicted octanol–water partition coefficient (Wildman–Crippen LogP) is 4.64. The Hall–Kier alpha value is -0.820. The Balaban J connectivity index is 2.17. The number of hydrogen-bond acceptors (Lipinski definition) is 1. The zero-order valence-electron chi connectivity index (χ0n) is 13.2. The van der Waals surface area contributed by atoms with E-state index in [4.69, 9.17) is 0 Å². The standard InChI is InChI=1S/C18H29N/c1-12-6-8-16(10-14(12)3)18(19-5)17-9-7-13(2)15(4)11-17/h6,8,10,13,15,17-19H,7,9,11H2,1-5H3. The van der Waals surface area contributed by atoms with Crippen LogP contribution >= 0.6 is 0 Å². The molecule has 4 unspecified atom stereocenters. The molecule has 0 spiro atoms. The van der Waals surface area contributed by atoms with Gasteiger partial charge in [-0.15, -0.1) is 0 Å². The fraction of sp³-hybridized carbons (Fsp3) is 0.667. The zero-order chi connectivity index (χ0) is 14.0. The molecule has 19 heavy (non-hydrogen) atoms. The SMILES string of the molecule is CNC(c1ccc(C)c(C)c1)C1CCC(C)C(C)C1. The molecule has 1 aromatic rings. The third-order valence-electron chi connectivity index (χ3n) is 5.31. The molecule has 106 valence electrons. The summed E-state index contributed by atoms with van der Waals surface area (Å²) >= 11 is 0. The second kappa shape index (κ2) is 6.09. The maximum atomic E-state index is 3.57. The van der Waals surface area contributed by atoms with Crippen molar-refractivity contribution in [2.75, 3.05) is 7.05 Å². The van der Waals surface area contributed by atoms with E-state index < -0.39 is 0 Å². The lowest BCUT2D eigenvalue weighted by molar-refractivity contribution is 0.174. The number of rotatable bonds is 3. The second-order valence-corrected chi connectivity index (χ2v) is 6.64. The predicted molar refractivity (Wildman–Crippen MR) is 83.4 cm³/mol. The van der Waals surface area contributed by atoms with Crippen molar-refractivity contribution in [2.24, 2.45) is 17.8 Å². The fourth-order valence-electron chi connectivity index (χ4n) is 3.52. The lowest BCUT2D eigenvalue weighted by atomic mass is 9.72. The maximum Gasteiger partial charge on any atom is 0.0346 e. The van der Waals surface area contributed by atoms with Crippen molar-refractivity contribution in [2.45, 2.75) is 53.0 Å². The van der Waals surface area contributed by atoms with Gasteiger partial charge in [-0.1, -0.05) is 38.5 Å². The highest BCUT2D eigenvalue weighted by Gasteiger charge is 2.30. The Labute approximate surface area is 118 Å². The summed E-state index contributed by atoms with van der Waals surface area (Å²) < 4.78 is 0. The molecule has 1 fully saturated rings. The van der Waals surface area contributed by atoms with Crippen LogP contribution in [0.5, 0.6) is 0 Å². The van der Waals surface area contributed by atoms with E-state index in [0.717, 1.165) is 17.8 Å². The minimum absolute atomic E-state index is 0.522. The summed E-state index contributed by atoms with van der Waals surface area (Å²) in [7, 11) is 2.11. The van der Waals surface area contributed by atoms with Crippen LogP contribution in [0.15, 0.2) is 18.2 Å². The molecular weight excluding hydrogens is 230 g/mol. The maximum absolute atomic E-state index is 3.57. The molecule has 0 amide bonds. The smallest absolute Gasteiger partial charge is 0.0346 e. The summed E-state index contributed by atoms with van der Waals surface area (Å²) in [5.74, 6) is 2.55. The third-order valence-corrected chi connectivity index (χ3v) is 5.31. The van der Waals surface area contributed by atoms with E-state index in [1.807, 2.05) is 0 Å². The molecule has 1 saturated carbocycles. The summed E-state index contributed by atoms with van der Waals surface area (Å²) in [4.78, 5) is 0. The zero-order valence-corrected chi connectivity index (χ0v) is 13.2. The third kappa shape index (κ3) is 3.20. The van der Waals surface area contributed by atoms with Crippen LogP contribution in [0.2, 0.25) is 0 Å². The molecule has 1 aromatic carbocycles. The van der Waals surface area contributed by atoms with Crippen LogP contribution in [0.3, 0.4) is 0 Å². The normalized spacial score (nSPS) is 29.2. The number of nitrogens with one attached hydrogen (secondary N) is 1. The van der Waals surface area contributed by atoms with E-state index in [1.54, 1.807) is 0 Å². The number of aryl methyl sites for hydroxylation is 2. The Morgan fingerprint density at radius 1 is 1.05 bits per heavy atom. The van der Waals surface area contributed by atoms with Gasteiger partial charge in [0.25, 0.3) is 0 Å². The van der Waals surface area contributed by atoms with Crippen LogP contribution in [0.25, 0.3) is 0 Å². The molecule has 1 heteroatoms. The summed E-state index contributed by atoms with van der Waals surface area (Å²) in [5.41, 5.74) is 4.27. The van der Waals surface area contributed by atoms with Crippen molar-refractivity contribution in [3.05, 3.63) is 34.9 Å². The van der Waals surface area contributed by atoms with Crippen LogP contribution in [0.4, 0.5) is 0 Å². The number of hydrogen-bond donors (Lipinski definition) is 1. The van der Waals surface area contributed by atoms with Crippen molar-refractivity contribution in [1.82, 2.24) is 5.32 Å². The van der Waals surface area contributed by atoms with Crippen molar-refractivity contribution in [1.29, 1.82) is 0 Å². The van der Waals surface area contributed by atoms with Crippen molar-refractivity contribution < 1.29 is 0 Å². The first-order valence-corrected chi connectivity index (χ1v) is 7.77. The van der Waals surface area contributed by atoms with E-state index in [0.29, 0.717) is 6.04 Å². The lowest BCUT2D eigenvalue weighted by Crippen LogP contribution is -2.31. The monoisotopic (exact) mass is 259 g/mol. The van der Waals surface area contributed by atoms with Gasteiger partial charge in [-0.2, -0.15) is 0 Å². The van der Waals surface area contributed by atoms with Gasteiger partial charge in [0.1, 0.15) is 0 Å². The van der Waals surface area contributed by atoms with Gasteiger partial charge in [-0.25, -0.2) is 0 Å². The van der Waals surface area contributed by atoms with Crippen LogP contribution in [-0.2, 0) is 0 Å². The van der Waals surface area contributed by atoms with E-state index in [9.17, 15) is 0 Å². The fourth-order valence-corrected chi connectivity index (χ4v) is 3.52. The molecule has 1 aliphatic rings. The van der Waals surface area contributed by atoms with Gasteiger partial charge in [-0.05, 0) is 68.2 Å². The summed E-state index contributed by atoms with van der Waals surface area (Å²) in [6.07, 6.45) is 4.11. The van der Waals surface area contributed by atoms with Crippen LogP contribution in [0.1, 0.15) is 55.8 Å². The van der Waals surface area contributed by atoms with Crippen molar-refractivity contribution in [3.63, 3.8) is 0 Å². The molecule has 0 aromatic heterocycles. The molecule has 1 nitrogen and oxygen atoms in total. The highest BCUT2D eigenvalue weighted by Crippen LogP contribution is 2.39. The van der Waals surface area contributed by atoms with E-state index in [2.05, 4.69) is 58.3 Å². The Morgan fingerprint density at radius 2 is 1.79 bits per heavy atom. The number of benzene rings is 1. The van der Waals surface area contributed by atoms with Gasteiger partial charge in [0.2, 0.25) is 0 Å². The molecule has 2 rings (SSSR count). The summed E-state index contributed by atoms with van der Waals surface area (Å²) in [6.45, 7) is 9.24. The first-order valence-electron chi connectivity index (χ1n) is 7.77. The van der Waals surface area contributed by atoms with E-state index >= 15 is 0 Å². The quantitative estimate of drug-likeness (QED) is 0.834.